The van der Waals surface area contributed by atoms with Gasteiger partial charge in [0.05, 0.1) is 0 Å². The second-order valence-electron chi connectivity index (χ2n) is 5.75. The summed E-state index contributed by atoms with van der Waals surface area (Å²) in [6.07, 6.45) is 0.745. The molecule has 0 unspecified atom stereocenters. The largest absolute Gasteiger partial charge is 0.484 e. The highest BCUT2D eigenvalue weighted by molar-refractivity contribution is 6.30. The van der Waals surface area contributed by atoms with Crippen LogP contribution in [0.25, 0.3) is 0 Å². The van der Waals surface area contributed by atoms with E-state index in [-0.39, 0.29) is 12.5 Å². The molecule has 0 bridgehead atoms. The van der Waals surface area contributed by atoms with E-state index in [1.807, 2.05) is 42.5 Å². The molecule has 2 aromatic rings. The fourth-order valence-corrected chi connectivity index (χ4v) is 2.41. The van der Waals surface area contributed by atoms with Gasteiger partial charge in [0, 0.05) is 11.6 Å². The maximum Gasteiger partial charge on any atom is 0.257 e. The first-order chi connectivity index (χ1) is 11.0. The van der Waals surface area contributed by atoms with E-state index >= 15 is 0 Å². The molecule has 2 rings (SSSR count). The van der Waals surface area contributed by atoms with Gasteiger partial charge in [-0.05, 0) is 47.7 Å². The minimum atomic E-state index is -0.123. The molecule has 0 aliphatic rings. The Morgan fingerprint density at radius 1 is 1.17 bits per heavy atom. The van der Waals surface area contributed by atoms with Crippen LogP contribution in [-0.4, -0.2) is 19.1 Å². The zero-order chi connectivity index (χ0) is 16.7. The Bertz CT molecular complexity index is 655. The zero-order valence-electron chi connectivity index (χ0n) is 13.5. The molecule has 1 amide bonds. The van der Waals surface area contributed by atoms with Crippen molar-refractivity contribution in [1.82, 2.24) is 5.32 Å². The molecule has 23 heavy (non-hydrogen) atoms. The fraction of sp³-hybridized carbons (Fsp3) is 0.316. The van der Waals surface area contributed by atoms with E-state index in [0.29, 0.717) is 17.5 Å². The van der Waals surface area contributed by atoms with Gasteiger partial charge in [-0.1, -0.05) is 49.7 Å². The summed E-state index contributed by atoms with van der Waals surface area (Å²) < 4.78 is 5.55. The lowest BCUT2D eigenvalue weighted by Gasteiger charge is -2.10. The molecular weight excluding hydrogens is 310 g/mol. The van der Waals surface area contributed by atoms with Crippen molar-refractivity contribution in [2.24, 2.45) is 0 Å². The van der Waals surface area contributed by atoms with E-state index in [0.717, 1.165) is 17.7 Å². The first kappa shape index (κ1) is 17.4. The van der Waals surface area contributed by atoms with Gasteiger partial charge in [-0.3, -0.25) is 4.79 Å². The Hall–Kier alpha value is -2.00. The van der Waals surface area contributed by atoms with Gasteiger partial charge >= 0.3 is 0 Å². The minimum absolute atomic E-state index is 0.0249. The van der Waals surface area contributed by atoms with Crippen LogP contribution in [0.1, 0.15) is 30.9 Å². The molecular formula is C19H22ClNO2. The lowest BCUT2D eigenvalue weighted by atomic mass is 10.0. The summed E-state index contributed by atoms with van der Waals surface area (Å²) in [7, 11) is 0. The van der Waals surface area contributed by atoms with Crippen LogP contribution in [0.5, 0.6) is 5.75 Å². The molecule has 1 N–H and O–H groups in total. The number of amides is 1. The molecule has 3 nitrogen and oxygen atoms in total. The summed E-state index contributed by atoms with van der Waals surface area (Å²) in [5.74, 6) is 1.04. The summed E-state index contributed by atoms with van der Waals surface area (Å²) >= 11 is 5.93. The Morgan fingerprint density at radius 2 is 1.96 bits per heavy atom. The van der Waals surface area contributed by atoms with Gasteiger partial charge in [-0.15, -0.1) is 0 Å². The van der Waals surface area contributed by atoms with Gasteiger partial charge in [-0.25, -0.2) is 0 Å². The Balaban J connectivity index is 1.74. The van der Waals surface area contributed by atoms with Crippen LogP contribution in [-0.2, 0) is 11.2 Å². The van der Waals surface area contributed by atoms with Crippen LogP contribution in [0, 0.1) is 0 Å². The van der Waals surface area contributed by atoms with Gasteiger partial charge in [0.2, 0.25) is 0 Å². The van der Waals surface area contributed by atoms with Gasteiger partial charge in [0.15, 0.2) is 6.61 Å². The van der Waals surface area contributed by atoms with Gasteiger partial charge in [0.25, 0.3) is 5.91 Å². The predicted molar refractivity (Wildman–Crippen MR) is 94.2 cm³/mol. The molecule has 2 aromatic carbocycles. The normalized spacial score (nSPS) is 10.6. The van der Waals surface area contributed by atoms with Crippen molar-refractivity contribution in [2.75, 3.05) is 13.2 Å². The van der Waals surface area contributed by atoms with Crippen molar-refractivity contribution >= 4 is 17.5 Å². The van der Waals surface area contributed by atoms with E-state index < -0.39 is 0 Å². The van der Waals surface area contributed by atoms with Crippen LogP contribution in [0.4, 0.5) is 0 Å². The van der Waals surface area contributed by atoms with Crippen LogP contribution in [0.15, 0.2) is 48.5 Å². The second-order valence-corrected chi connectivity index (χ2v) is 6.18. The van der Waals surface area contributed by atoms with E-state index in [9.17, 15) is 4.79 Å². The van der Waals surface area contributed by atoms with E-state index in [1.54, 1.807) is 0 Å². The van der Waals surface area contributed by atoms with Gasteiger partial charge in [-0.2, -0.15) is 0 Å². The minimum Gasteiger partial charge on any atom is -0.484 e. The quantitative estimate of drug-likeness (QED) is 0.825. The van der Waals surface area contributed by atoms with E-state index in [4.69, 9.17) is 16.3 Å². The fourth-order valence-electron chi connectivity index (χ4n) is 2.20. The van der Waals surface area contributed by atoms with Crippen LogP contribution < -0.4 is 10.1 Å². The number of benzene rings is 2. The van der Waals surface area contributed by atoms with Crippen molar-refractivity contribution in [3.8, 4) is 5.75 Å². The Labute approximate surface area is 142 Å². The van der Waals surface area contributed by atoms with Crippen LogP contribution >= 0.6 is 11.6 Å². The van der Waals surface area contributed by atoms with Crippen LogP contribution in [0.2, 0.25) is 5.02 Å². The lowest BCUT2D eigenvalue weighted by molar-refractivity contribution is -0.123. The predicted octanol–water partition coefficient (Wildman–Crippen LogP) is 4.20. The van der Waals surface area contributed by atoms with Crippen LogP contribution in [0.3, 0.4) is 0 Å². The number of carbonyl (C=O) groups excluding carboxylic acids is 1. The number of ether oxygens (including phenoxy) is 1. The van der Waals surface area contributed by atoms with Gasteiger partial charge in [0.1, 0.15) is 5.75 Å². The first-order valence-electron chi connectivity index (χ1n) is 7.78. The lowest BCUT2D eigenvalue weighted by Crippen LogP contribution is -2.30. The number of rotatable bonds is 7. The molecule has 122 valence electrons. The maximum absolute atomic E-state index is 11.8. The molecule has 0 heterocycles. The molecule has 4 heteroatoms. The third kappa shape index (κ3) is 5.95. The molecule has 0 fully saturated rings. The molecule has 0 spiro atoms. The Morgan fingerprint density at radius 3 is 2.70 bits per heavy atom. The SMILES string of the molecule is CC(C)c1cccc(OCC(=O)NCCc2cccc(Cl)c2)c1. The number of hydrogen-bond donors (Lipinski definition) is 1. The van der Waals surface area contributed by atoms with Crippen molar-refractivity contribution in [1.29, 1.82) is 0 Å². The third-order valence-corrected chi connectivity index (χ3v) is 3.75. The molecule has 0 radical (unpaired) electrons. The molecule has 0 saturated heterocycles. The highest BCUT2D eigenvalue weighted by atomic mass is 35.5. The zero-order valence-corrected chi connectivity index (χ0v) is 14.3. The van der Waals surface area contributed by atoms with Crippen molar-refractivity contribution in [2.45, 2.75) is 26.2 Å². The number of carbonyl (C=O) groups is 1. The molecule has 0 aromatic heterocycles. The second kappa shape index (κ2) is 8.59. The molecule has 0 saturated carbocycles. The number of nitrogens with one attached hydrogen (secondary N) is 1. The maximum atomic E-state index is 11.8. The van der Waals surface area contributed by atoms with E-state index in [2.05, 4.69) is 25.2 Å². The summed E-state index contributed by atoms with van der Waals surface area (Å²) in [4.78, 5) is 11.8. The first-order valence-corrected chi connectivity index (χ1v) is 8.16. The smallest absolute Gasteiger partial charge is 0.257 e. The highest BCUT2D eigenvalue weighted by Gasteiger charge is 2.05. The standard InChI is InChI=1S/C19H22ClNO2/c1-14(2)16-6-4-8-18(12-16)23-13-19(22)21-10-9-15-5-3-7-17(20)11-15/h3-8,11-12,14H,9-10,13H2,1-2H3,(H,21,22). The average molecular weight is 332 g/mol. The molecule has 0 atom stereocenters. The van der Waals surface area contributed by atoms with E-state index in [1.165, 1.54) is 5.56 Å². The van der Waals surface area contributed by atoms with Gasteiger partial charge < -0.3 is 10.1 Å². The monoisotopic (exact) mass is 331 g/mol. The summed E-state index contributed by atoms with van der Waals surface area (Å²) in [6, 6.07) is 15.5. The number of halogens is 1. The summed E-state index contributed by atoms with van der Waals surface area (Å²) in [5.41, 5.74) is 2.30. The molecule has 0 aliphatic heterocycles. The average Bonchev–Trinajstić information content (AvgIpc) is 2.53. The third-order valence-electron chi connectivity index (χ3n) is 3.52. The topological polar surface area (TPSA) is 38.3 Å². The summed E-state index contributed by atoms with van der Waals surface area (Å²) in [6.45, 7) is 4.84. The Kier molecular flexibility index (Phi) is 6.48. The van der Waals surface area contributed by atoms with Crippen molar-refractivity contribution in [3.63, 3.8) is 0 Å². The van der Waals surface area contributed by atoms with Crippen molar-refractivity contribution in [3.05, 3.63) is 64.7 Å². The number of hydrogen-bond acceptors (Lipinski definition) is 2. The van der Waals surface area contributed by atoms with Crippen molar-refractivity contribution < 1.29 is 9.53 Å². The molecule has 0 aliphatic carbocycles. The highest BCUT2D eigenvalue weighted by Crippen LogP contribution is 2.19. The summed E-state index contributed by atoms with van der Waals surface area (Å²) in [5, 5.41) is 3.56.